The highest BCUT2D eigenvalue weighted by atomic mass is 17.2. The maximum Gasteiger partial charge on any atom is 0.122 e. The third-order valence-electron chi connectivity index (χ3n) is 2.82. The van der Waals surface area contributed by atoms with E-state index in [2.05, 4.69) is 0 Å². The van der Waals surface area contributed by atoms with Gasteiger partial charge in [-0.1, -0.05) is 12.8 Å². The highest BCUT2D eigenvalue weighted by Gasteiger charge is 2.55. The Labute approximate surface area is 65.5 Å². The molecule has 0 amide bonds. The van der Waals surface area contributed by atoms with Crippen LogP contribution in [0.1, 0.15) is 25.7 Å². The van der Waals surface area contributed by atoms with Gasteiger partial charge in [-0.25, -0.2) is 9.78 Å². The normalized spacial score (nSPS) is 54.5. The highest BCUT2D eigenvalue weighted by molar-refractivity contribution is 4.99. The number of ether oxygens (including phenoxy) is 1. The summed E-state index contributed by atoms with van der Waals surface area (Å²) in [6, 6.07) is 0. The van der Waals surface area contributed by atoms with E-state index < -0.39 is 0 Å². The third-order valence-corrected chi connectivity index (χ3v) is 2.82. The Balaban J connectivity index is 1.81. The van der Waals surface area contributed by atoms with Crippen LogP contribution < -0.4 is 0 Å². The van der Waals surface area contributed by atoms with Gasteiger partial charge in [0.25, 0.3) is 0 Å². The second kappa shape index (κ2) is 2.19. The minimum absolute atomic E-state index is 0.233. The van der Waals surface area contributed by atoms with E-state index >= 15 is 0 Å². The summed E-state index contributed by atoms with van der Waals surface area (Å²) in [7, 11) is 0. The predicted octanol–water partition coefficient (Wildman–Crippen LogP) is 1.03. The fraction of sp³-hybridized carbons (Fsp3) is 1.00. The van der Waals surface area contributed by atoms with Gasteiger partial charge < -0.3 is 4.74 Å². The number of epoxide rings is 1. The van der Waals surface area contributed by atoms with Crippen LogP contribution in [0.2, 0.25) is 0 Å². The molecule has 2 bridgehead atoms. The van der Waals surface area contributed by atoms with E-state index in [0.717, 1.165) is 12.8 Å². The lowest BCUT2D eigenvalue weighted by Gasteiger charge is -2.27. The number of rotatable bonds is 0. The lowest BCUT2D eigenvalue weighted by atomic mass is 9.96. The first kappa shape index (κ1) is 6.40. The predicted molar refractivity (Wildman–Crippen MR) is 36.9 cm³/mol. The van der Waals surface area contributed by atoms with Crippen molar-refractivity contribution in [3.05, 3.63) is 0 Å². The summed E-state index contributed by atoms with van der Waals surface area (Å²) in [5.74, 6) is 0. The SMILES string of the molecule is C1CCC2OOC(C1)C1OC21. The van der Waals surface area contributed by atoms with Crippen LogP contribution >= 0.6 is 0 Å². The van der Waals surface area contributed by atoms with Crippen LogP contribution in [0, 0.1) is 0 Å². The molecule has 11 heavy (non-hydrogen) atoms. The standard InChI is InChI=1S/C8H12O3/c1-2-4-6-8-7(9-8)5(3-1)10-11-6/h5-8H,1-4H2. The van der Waals surface area contributed by atoms with Gasteiger partial charge in [0.1, 0.15) is 24.4 Å². The van der Waals surface area contributed by atoms with Crippen LogP contribution in [-0.4, -0.2) is 24.4 Å². The van der Waals surface area contributed by atoms with Crippen molar-refractivity contribution in [2.24, 2.45) is 0 Å². The summed E-state index contributed by atoms with van der Waals surface area (Å²) in [5.41, 5.74) is 0. The van der Waals surface area contributed by atoms with E-state index in [-0.39, 0.29) is 12.2 Å². The van der Waals surface area contributed by atoms with Crippen LogP contribution in [-0.2, 0) is 14.5 Å². The second-order valence-electron chi connectivity index (χ2n) is 3.62. The Morgan fingerprint density at radius 2 is 1.36 bits per heavy atom. The van der Waals surface area contributed by atoms with Gasteiger partial charge in [0.2, 0.25) is 0 Å². The first-order chi connectivity index (χ1) is 5.45. The molecule has 3 saturated heterocycles. The zero-order chi connectivity index (χ0) is 7.26. The van der Waals surface area contributed by atoms with E-state index in [1.807, 2.05) is 0 Å². The maximum atomic E-state index is 5.47. The van der Waals surface area contributed by atoms with Gasteiger partial charge in [0.05, 0.1) is 0 Å². The first-order valence-corrected chi connectivity index (χ1v) is 4.43. The molecular weight excluding hydrogens is 144 g/mol. The van der Waals surface area contributed by atoms with Gasteiger partial charge in [0.15, 0.2) is 0 Å². The van der Waals surface area contributed by atoms with Gasteiger partial charge >= 0.3 is 0 Å². The minimum Gasteiger partial charge on any atom is -0.364 e. The molecule has 3 heterocycles. The van der Waals surface area contributed by atoms with Crippen molar-refractivity contribution < 1.29 is 14.5 Å². The van der Waals surface area contributed by atoms with E-state index in [4.69, 9.17) is 14.5 Å². The van der Waals surface area contributed by atoms with Crippen LogP contribution in [0.3, 0.4) is 0 Å². The monoisotopic (exact) mass is 156 g/mol. The van der Waals surface area contributed by atoms with Crippen molar-refractivity contribution >= 4 is 0 Å². The van der Waals surface area contributed by atoms with Crippen LogP contribution in [0.25, 0.3) is 0 Å². The summed E-state index contributed by atoms with van der Waals surface area (Å²) in [6.45, 7) is 0. The highest BCUT2D eigenvalue weighted by Crippen LogP contribution is 2.41. The Bertz CT molecular complexity index is 149. The summed E-state index contributed by atoms with van der Waals surface area (Å²) in [5, 5.41) is 0. The fourth-order valence-corrected chi connectivity index (χ4v) is 2.10. The summed E-state index contributed by atoms with van der Waals surface area (Å²) >= 11 is 0. The molecule has 1 aliphatic carbocycles. The molecule has 3 heteroatoms. The van der Waals surface area contributed by atoms with Crippen LogP contribution in [0.4, 0.5) is 0 Å². The van der Waals surface area contributed by atoms with Crippen LogP contribution in [0.5, 0.6) is 0 Å². The van der Waals surface area contributed by atoms with Gasteiger partial charge in [-0.2, -0.15) is 0 Å². The van der Waals surface area contributed by atoms with Crippen molar-refractivity contribution in [2.75, 3.05) is 0 Å². The molecule has 4 fully saturated rings. The molecule has 4 unspecified atom stereocenters. The summed E-state index contributed by atoms with van der Waals surface area (Å²) in [4.78, 5) is 10.4. The fourth-order valence-electron chi connectivity index (χ4n) is 2.10. The molecule has 62 valence electrons. The van der Waals surface area contributed by atoms with Gasteiger partial charge in [-0.05, 0) is 12.8 Å². The quantitative estimate of drug-likeness (QED) is 0.387. The Morgan fingerprint density at radius 1 is 0.818 bits per heavy atom. The van der Waals surface area contributed by atoms with Gasteiger partial charge in [-0.15, -0.1) is 0 Å². The van der Waals surface area contributed by atoms with Crippen molar-refractivity contribution in [2.45, 2.75) is 50.1 Å². The van der Waals surface area contributed by atoms with Crippen molar-refractivity contribution in [1.29, 1.82) is 0 Å². The summed E-state index contributed by atoms with van der Waals surface area (Å²) in [6.07, 6.45) is 5.94. The number of fused-ring (bicyclic) bond motifs is 4. The third kappa shape index (κ3) is 0.916. The first-order valence-electron chi connectivity index (χ1n) is 4.43. The van der Waals surface area contributed by atoms with Crippen molar-refractivity contribution in [3.63, 3.8) is 0 Å². The average molecular weight is 156 g/mol. The van der Waals surface area contributed by atoms with E-state index in [9.17, 15) is 0 Å². The molecule has 0 spiro atoms. The molecule has 0 aromatic heterocycles. The molecule has 0 radical (unpaired) electrons. The molecule has 4 rings (SSSR count). The minimum atomic E-state index is 0.233. The second-order valence-corrected chi connectivity index (χ2v) is 3.62. The van der Waals surface area contributed by atoms with E-state index in [1.54, 1.807) is 0 Å². The largest absolute Gasteiger partial charge is 0.364 e. The van der Waals surface area contributed by atoms with Crippen molar-refractivity contribution in [3.8, 4) is 0 Å². The number of hydrogen-bond donors (Lipinski definition) is 0. The molecule has 0 N–H and O–H groups in total. The molecule has 0 aromatic carbocycles. The van der Waals surface area contributed by atoms with Crippen molar-refractivity contribution in [1.82, 2.24) is 0 Å². The number of hydrogen-bond acceptors (Lipinski definition) is 3. The molecule has 1 saturated carbocycles. The van der Waals surface area contributed by atoms with Gasteiger partial charge in [0, 0.05) is 0 Å². The molecule has 4 aliphatic rings. The zero-order valence-corrected chi connectivity index (χ0v) is 6.36. The molecule has 0 aromatic rings. The van der Waals surface area contributed by atoms with E-state index in [1.165, 1.54) is 12.8 Å². The zero-order valence-electron chi connectivity index (χ0n) is 6.36. The Kier molecular flexibility index (Phi) is 1.27. The lowest BCUT2D eigenvalue weighted by molar-refractivity contribution is -0.369. The van der Waals surface area contributed by atoms with Gasteiger partial charge in [-0.3, -0.25) is 0 Å². The smallest absolute Gasteiger partial charge is 0.122 e. The van der Waals surface area contributed by atoms with Crippen LogP contribution in [0.15, 0.2) is 0 Å². The Morgan fingerprint density at radius 3 is 1.91 bits per heavy atom. The topological polar surface area (TPSA) is 31.0 Å². The molecule has 3 nitrogen and oxygen atoms in total. The molecule has 3 aliphatic heterocycles. The van der Waals surface area contributed by atoms with E-state index in [0.29, 0.717) is 12.2 Å². The molecular formula is C8H12O3. The average Bonchev–Trinajstić information content (AvgIpc) is 2.66. The summed E-state index contributed by atoms with van der Waals surface area (Å²) < 4.78 is 5.47. The molecule has 4 atom stereocenters. The lowest BCUT2D eigenvalue weighted by Crippen LogP contribution is -2.37. The maximum absolute atomic E-state index is 5.47. The Hall–Kier alpha value is -0.120.